The molecule has 16 heavy (non-hydrogen) atoms. The lowest BCUT2D eigenvalue weighted by molar-refractivity contribution is 0.210. The first-order chi connectivity index (χ1) is 7.54. The second-order valence-electron chi connectivity index (χ2n) is 3.88. The summed E-state index contributed by atoms with van der Waals surface area (Å²) in [7, 11) is 0. The number of amides is 2. The Morgan fingerprint density at radius 3 is 2.75 bits per heavy atom. The molecule has 4 nitrogen and oxygen atoms in total. The highest BCUT2D eigenvalue weighted by Gasteiger charge is 2.34. The molecule has 1 aliphatic rings. The number of amidine groups is 1. The number of thiophene rings is 1. The summed E-state index contributed by atoms with van der Waals surface area (Å²) in [5, 5.41) is 0. The average Bonchev–Trinajstić information content (AvgIpc) is 2.66. The van der Waals surface area contributed by atoms with Crippen molar-refractivity contribution < 1.29 is 4.79 Å². The van der Waals surface area contributed by atoms with Crippen molar-refractivity contribution in [1.29, 1.82) is 0 Å². The minimum atomic E-state index is -0.228. The first kappa shape index (κ1) is 11.1. The maximum atomic E-state index is 11.6. The van der Waals surface area contributed by atoms with Gasteiger partial charge >= 0.3 is 6.03 Å². The highest BCUT2D eigenvalue weighted by Crippen LogP contribution is 2.33. The quantitative estimate of drug-likeness (QED) is 0.857. The molecule has 2 heterocycles. The van der Waals surface area contributed by atoms with Gasteiger partial charge in [-0.2, -0.15) is 4.99 Å². The molecule has 1 aliphatic heterocycles. The van der Waals surface area contributed by atoms with Gasteiger partial charge in [-0.3, -0.25) is 0 Å². The molecule has 2 rings (SSSR count). The number of hydrogen-bond donors (Lipinski definition) is 1. The third-order valence-electron chi connectivity index (χ3n) is 2.78. The molecule has 0 aromatic carbocycles. The molecule has 5 heteroatoms. The first-order valence-electron chi connectivity index (χ1n) is 5.26. The summed E-state index contributed by atoms with van der Waals surface area (Å²) in [6.45, 7) is 6.67. The Labute approximate surface area is 98.8 Å². The largest absolute Gasteiger partial charge is 0.385 e. The maximum Gasteiger partial charge on any atom is 0.346 e. The third kappa shape index (κ3) is 1.61. The Morgan fingerprint density at radius 1 is 1.56 bits per heavy atom. The Morgan fingerprint density at radius 2 is 2.25 bits per heavy atom. The summed E-state index contributed by atoms with van der Waals surface area (Å²) in [6.07, 6.45) is 0. The van der Waals surface area contributed by atoms with Crippen molar-refractivity contribution >= 4 is 23.2 Å². The van der Waals surface area contributed by atoms with Gasteiger partial charge in [-0.1, -0.05) is 0 Å². The van der Waals surface area contributed by atoms with E-state index < -0.39 is 0 Å². The second-order valence-corrected chi connectivity index (χ2v) is 5.34. The molecule has 0 radical (unpaired) electrons. The lowest BCUT2D eigenvalue weighted by Crippen LogP contribution is -2.33. The van der Waals surface area contributed by atoms with E-state index in [-0.39, 0.29) is 12.1 Å². The number of nitrogens with two attached hydrogens (primary N) is 1. The average molecular weight is 237 g/mol. The van der Waals surface area contributed by atoms with E-state index in [2.05, 4.69) is 24.9 Å². The van der Waals surface area contributed by atoms with Gasteiger partial charge in [0.15, 0.2) is 0 Å². The van der Waals surface area contributed by atoms with Crippen molar-refractivity contribution in [3.8, 4) is 0 Å². The molecule has 2 amide bonds. The van der Waals surface area contributed by atoms with E-state index in [1.165, 1.54) is 9.75 Å². The summed E-state index contributed by atoms with van der Waals surface area (Å²) < 4.78 is 0. The van der Waals surface area contributed by atoms with E-state index in [0.29, 0.717) is 12.4 Å². The van der Waals surface area contributed by atoms with Gasteiger partial charge < -0.3 is 10.6 Å². The Bertz CT molecular complexity index is 464. The minimum absolute atomic E-state index is 0.164. The fourth-order valence-electron chi connectivity index (χ4n) is 2.07. The highest BCUT2D eigenvalue weighted by molar-refractivity contribution is 7.12. The summed E-state index contributed by atoms with van der Waals surface area (Å²) in [5.41, 5.74) is 6.95. The zero-order chi connectivity index (χ0) is 11.9. The third-order valence-corrected chi connectivity index (χ3v) is 3.76. The zero-order valence-electron chi connectivity index (χ0n) is 9.65. The van der Waals surface area contributed by atoms with Crippen LogP contribution in [0.5, 0.6) is 0 Å². The molecule has 1 aromatic rings. The molecule has 1 aromatic heterocycles. The van der Waals surface area contributed by atoms with Gasteiger partial charge in [0.1, 0.15) is 11.9 Å². The number of carbonyl (C=O) groups is 1. The summed E-state index contributed by atoms with van der Waals surface area (Å²) >= 11 is 1.72. The number of urea groups is 1. The lowest BCUT2D eigenvalue weighted by atomic mass is 10.1. The van der Waals surface area contributed by atoms with Gasteiger partial charge in [-0.05, 0) is 32.4 Å². The van der Waals surface area contributed by atoms with E-state index in [1.807, 2.05) is 6.92 Å². The van der Waals surface area contributed by atoms with Crippen LogP contribution in [-0.4, -0.2) is 23.3 Å². The molecule has 1 atom stereocenters. The molecule has 0 aliphatic carbocycles. The van der Waals surface area contributed by atoms with Crippen LogP contribution in [0.1, 0.15) is 28.3 Å². The van der Waals surface area contributed by atoms with E-state index in [1.54, 1.807) is 16.2 Å². The molecule has 0 spiro atoms. The molecule has 0 fully saturated rings. The van der Waals surface area contributed by atoms with E-state index in [4.69, 9.17) is 5.73 Å². The van der Waals surface area contributed by atoms with Crippen LogP contribution in [0.3, 0.4) is 0 Å². The van der Waals surface area contributed by atoms with Crippen LogP contribution in [0.2, 0.25) is 0 Å². The van der Waals surface area contributed by atoms with E-state index in [0.717, 1.165) is 5.56 Å². The van der Waals surface area contributed by atoms with Crippen LogP contribution in [0, 0.1) is 13.8 Å². The standard InChI is InChI=1S/C11H15N3OS/c1-4-14-9(10(12)13-11(14)15)8-5-6(2)16-7(8)3/h5,9H,4H2,1-3H3,(H2,12,13,15). The van der Waals surface area contributed by atoms with E-state index in [9.17, 15) is 4.79 Å². The van der Waals surface area contributed by atoms with Gasteiger partial charge in [0.25, 0.3) is 0 Å². The summed E-state index contributed by atoms with van der Waals surface area (Å²) in [5.74, 6) is 0.410. The Hall–Kier alpha value is -1.36. The smallest absolute Gasteiger partial charge is 0.346 e. The summed E-state index contributed by atoms with van der Waals surface area (Å²) in [4.78, 5) is 19.5. The van der Waals surface area contributed by atoms with Gasteiger partial charge in [-0.25, -0.2) is 4.79 Å². The molecule has 86 valence electrons. The number of aliphatic imine (C=N–C) groups is 1. The monoisotopic (exact) mass is 237 g/mol. The fourth-order valence-corrected chi connectivity index (χ4v) is 3.03. The van der Waals surface area contributed by atoms with Crippen molar-refractivity contribution in [2.75, 3.05) is 6.54 Å². The van der Waals surface area contributed by atoms with Gasteiger partial charge in [0.05, 0.1) is 0 Å². The fraction of sp³-hybridized carbons (Fsp3) is 0.455. The number of rotatable bonds is 2. The molecule has 2 N–H and O–H groups in total. The first-order valence-corrected chi connectivity index (χ1v) is 6.07. The molecular weight excluding hydrogens is 222 g/mol. The normalized spacial score (nSPS) is 20.4. The van der Waals surface area contributed by atoms with Gasteiger partial charge in [0, 0.05) is 16.3 Å². The van der Waals surface area contributed by atoms with Crippen molar-refractivity contribution in [2.45, 2.75) is 26.8 Å². The van der Waals surface area contributed by atoms with Gasteiger partial charge in [-0.15, -0.1) is 11.3 Å². The van der Waals surface area contributed by atoms with Crippen LogP contribution in [0.4, 0.5) is 4.79 Å². The van der Waals surface area contributed by atoms with Crippen molar-refractivity contribution in [2.24, 2.45) is 10.7 Å². The van der Waals surface area contributed by atoms with Crippen molar-refractivity contribution in [3.05, 3.63) is 21.4 Å². The van der Waals surface area contributed by atoms with E-state index >= 15 is 0 Å². The number of hydrogen-bond acceptors (Lipinski definition) is 3. The summed E-state index contributed by atoms with van der Waals surface area (Å²) in [6, 6.07) is 1.70. The van der Waals surface area contributed by atoms with Crippen LogP contribution in [0.25, 0.3) is 0 Å². The highest BCUT2D eigenvalue weighted by atomic mass is 32.1. The Kier molecular flexibility index (Phi) is 2.71. The van der Waals surface area contributed by atoms with Crippen LogP contribution >= 0.6 is 11.3 Å². The van der Waals surface area contributed by atoms with Crippen LogP contribution in [-0.2, 0) is 0 Å². The zero-order valence-corrected chi connectivity index (χ0v) is 10.5. The molecule has 1 unspecified atom stereocenters. The topological polar surface area (TPSA) is 58.7 Å². The number of likely N-dealkylation sites (N-methyl/N-ethyl adjacent to an activating group) is 1. The Balaban J connectivity index is 2.43. The number of carbonyl (C=O) groups excluding carboxylic acids is 1. The maximum absolute atomic E-state index is 11.6. The lowest BCUT2D eigenvalue weighted by Gasteiger charge is -2.22. The molecule has 0 bridgehead atoms. The molecule has 0 saturated carbocycles. The second kappa shape index (κ2) is 3.90. The number of nitrogens with zero attached hydrogens (tertiary/aromatic N) is 2. The van der Waals surface area contributed by atoms with Crippen LogP contribution in [0.15, 0.2) is 11.1 Å². The van der Waals surface area contributed by atoms with Gasteiger partial charge in [0.2, 0.25) is 0 Å². The molecule has 0 saturated heterocycles. The predicted molar refractivity (Wildman–Crippen MR) is 65.9 cm³/mol. The van der Waals surface area contributed by atoms with Crippen LogP contribution < -0.4 is 5.73 Å². The molecular formula is C11H15N3OS. The minimum Gasteiger partial charge on any atom is -0.385 e. The van der Waals surface area contributed by atoms with Crippen molar-refractivity contribution in [3.63, 3.8) is 0 Å². The number of aryl methyl sites for hydroxylation is 2. The predicted octanol–water partition coefficient (Wildman–Crippen LogP) is 2.22. The van der Waals surface area contributed by atoms with Crippen molar-refractivity contribution in [1.82, 2.24) is 4.90 Å². The SMILES string of the molecule is CCN1C(=O)N=C(N)C1c1cc(C)sc1C.